The maximum absolute atomic E-state index is 12.3. The standard InChI is InChI=1S/C22H30N2O3/c1-15-8-6-10-18(16(15)2)23-21(25)12-7-13-27-20-14-22(26)24(3)19-11-5-4-9-17(19)20/h4-5,9,11,14-16,18H,6-8,10,12-13H2,1-3H3,(H,23,25)/t15-,16-,18-/m1/s1. The van der Waals surface area contributed by atoms with Gasteiger partial charge >= 0.3 is 0 Å². The first kappa shape index (κ1) is 19.5. The van der Waals surface area contributed by atoms with E-state index in [-0.39, 0.29) is 11.5 Å². The highest BCUT2D eigenvalue weighted by Gasteiger charge is 2.27. The van der Waals surface area contributed by atoms with Gasteiger partial charge in [-0.25, -0.2) is 0 Å². The minimum absolute atomic E-state index is 0.0955. The number of benzene rings is 1. The van der Waals surface area contributed by atoms with Crippen molar-refractivity contribution < 1.29 is 9.53 Å². The Hall–Kier alpha value is -2.30. The fraction of sp³-hybridized carbons (Fsp3) is 0.545. The quantitative estimate of drug-likeness (QED) is 0.790. The van der Waals surface area contributed by atoms with E-state index in [1.807, 2.05) is 24.3 Å². The Morgan fingerprint density at radius 2 is 2.04 bits per heavy atom. The number of pyridine rings is 1. The number of nitrogens with one attached hydrogen (secondary N) is 1. The summed E-state index contributed by atoms with van der Waals surface area (Å²) < 4.78 is 7.45. The van der Waals surface area contributed by atoms with Gasteiger partial charge in [0.15, 0.2) is 0 Å². The van der Waals surface area contributed by atoms with Crippen LogP contribution in [0.25, 0.3) is 10.9 Å². The number of aryl methyl sites for hydroxylation is 1. The summed E-state index contributed by atoms with van der Waals surface area (Å²) in [5.74, 6) is 1.88. The van der Waals surface area contributed by atoms with Crippen LogP contribution in [0.4, 0.5) is 0 Å². The van der Waals surface area contributed by atoms with Gasteiger partial charge in [-0.15, -0.1) is 0 Å². The molecule has 0 unspecified atom stereocenters. The number of para-hydroxylation sites is 1. The van der Waals surface area contributed by atoms with Crippen molar-refractivity contribution in [1.29, 1.82) is 0 Å². The zero-order valence-corrected chi connectivity index (χ0v) is 16.5. The number of amides is 1. The average Bonchev–Trinajstić information content (AvgIpc) is 2.66. The lowest BCUT2D eigenvalue weighted by molar-refractivity contribution is -0.122. The van der Waals surface area contributed by atoms with Gasteiger partial charge in [0, 0.05) is 31.0 Å². The zero-order chi connectivity index (χ0) is 19.4. The molecule has 5 nitrogen and oxygen atoms in total. The molecule has 0 bridgehead atoms. The minimum Gasteiger partial charge on any atom is -0.493 e. The number of nitrogens with zero attached hydrogens (tertiary/aromatic N) is 1. The molecule has 1 fully saturated rings. The lowest BCUT2D eigenvalue weighted by atomic mass is 9.78. The minimum atomic E-state index is -0.0955. The van der Waals surface area contributed by atoms with Gasteiger partial charge in [-0.05, 0) is 36.8 Å². The van der Waals surface area contributed by atoms with Crippen LogP contribution in [0.2, 0.25) is 0 Å². The summed E-state index contributed by atoms with van der Waals surface area (Å²) in [5.41, 5.74) is 0.750. The smallest absolute Gasteiger partial charge is 0.254 e. The molecule has 146 valence electrons. The summed E-state index contributed by atoms with van der Waals surface area (Å²) in [6.07, 6.45) is 4.60. The van der Waals surface area contributed by atoms with Gasteiger partial charge < -0.3 is 14.6 Å². The molecule has 1 saturated carbocycles. The van der Waals surface area contributed by atoms with Gasteiger partial charge in [0.05, 0.1) is 12.1 Å². The summed E-state index contributed by atoms with van der Waals surface area (Å²) in [4.78, 5) is 24.4. The second-order valence-corrected chi connectivity index (χ2v) is 7.82. The normalized spacial score (nSPS) is 22.6. The molecule has 5 heteroatoms. The fourth-order valence-electron chi connectivity index (χ4n) is 3.98. The predicted molar refractivity (Wildman–Crippen MR) is 108 cm³/mol. The molecule has 1 aliphatic carbocycles. The summed E-state index contributed by atoms with van der Waals surface area (Å²) in [5, 5.41) is 4.11. The molecule has 1 heterocycles. The molecule has 0 aliphatic heterocycles. The third kappa shape index (κ3) is 4.52. The molecule has 3 rings (SSSR count). The van der Waals surface area contributed by atoms with Gasteiger partial charge in [0.25, 0.3) is 5.56 Å². The molecule has 1 aromatic heterocycles. The van der Waals surface area contributed by atoms with E-state index in [9.17, 15) is 9.59 Å². The first-order chi connectivity index (χ1) is 13.0. The van der Waals surface area contributed by atoms with Gasteiger partial charge in [0.2, 0.25) is 5.91 Å². The van der Waals surface area contributed by atoms with Crippen LogP contribution >= 0.6 is 0 Å². The number of hydrogen-bond acceptors (Lipinski definition) is 3. The highest BCUT2D eigenvalue weighted by Crippen LogP contribution is 2.29. The predicted octanol–water partition coefficient (Wildman–Crippen LogP) is 3.64. The van der Waals surface area contributed by atoms with Crippen LogP contribution in [0.15, 0.2) is 35.1 Å². The number of carbonyl (C=O) groups excluding carboxylic acids is 1. The lowest BCUT2D eigenvalue weighted by Gasteiger charge is -2.34. The lowest BCUT2D eigenvalue weighted by Crippen LogP contribution is -2.43. The molecule has 0 saturated heterocycles. The van der Waals surface area contributed by atoms with E-state index in [2.05, 4.69) is 19.2 Å². The molecule has 27 heavy (non-hydrogen) atoms. The largest absolute Gasteiger partial charge is 0.493 e. The molecule has 1 aliphatic rings. The third-order valence-corrected chi connectivity index (χ3v) is 5.97. The highest BCUT2D eigenvalue weighted by atomic mass is 16.5. The molecule has 0 radical (unpaired) electrons. The van der Waals surface area contributed by atoms with E-state index < -0.39 is 0 Å². The van der Waals surface area contributed by atoms with Crippen molar-refractivity contribution in [3.05, 3.63) is 40.7 Å². The van der Waals surface area contributed by atoms with Crippen molar-refractivity contribution >= 4 is 16.8 Å². The van der Waals surface area contributed by atoms with Crippen molar-refractivity contribution in [3.8, 4) is 5.75 Å². The van der Waals surface area contributed by atoms with Gasteiger partial charge in [-0.3, -0.25) is 9.59 Å². The van der Waals surface area contributed by atoms with Crippen LogP contribution in [-0.2, 0) is 11.8 Å². The first-order valence-corrected chi connectivity index (χ1v) is 9.98. The monoisotopic (exact) mass is 370 g/mol. The van der Waals surface area contributed by atoms with Gasteiger partial charge in [-0.2, -0.15) is 0 Å². The van der Waals surface area contributed by atoms with E-state index in [1.165, 1.54) is 18.9 Å². The Morgan fingerprint density at radius 1 is 1.26 bits per heavy atom. The van der Waals surface area contributed by atoms with E-state index in [0.29, 0.717) is 43.1 Å². The summed E-state index contributed by atoms with van der Waals surface area (Å²) in [6, 6.07) is 9.50. The van der Waals surface area contributed by atoms with Crippen molar-refractivity contribution in [2.24, 2.45) is 18.9 Å². The topological polar surface area (TPSA) is 60.3 Å². The van der Waals surface area contributed by atoms with E-state index in [4.69, 9.17) is 4.74 Å². The van der Waals surface area contributed by atoms with Crippen LogP contribution in [-0.4, -0.2) is 23.1 Å². The Morgan fingerprint density at radius 3 is 2.85 bits per heavy atom. The second kappa shape index (κ2) is 8.59. The number of rotatable bonds is 6. The maximum Gasteiger partial charge on any atom is 0.254 e. The number of fused-ring (bicyclic) bond motifs is 1. The third-order valence-electron chi connectivity index (χ3n) is 5.97. The Labute approximate surface area is 160 Å². The number of carbonyl (C=O) groups is 1. The van der Waals surface area contributed by atoms with E-state index in [0.717, 1.165) is 17.3 Å². The average molecular weight is 370 g/mol. The zero-order valence-electron chi connectivity index (χ0n) is 16.5. The van der Waals surface area contributed by atoms with Crippen LogP contribution in [0.1, 0.15) is 46.0 Å². The molecule has 1 aromatic carbocycles. The molecule has 0 spiro atoms. The molecule has 1 amide bonds. The number of ether oxygens (including phenoxy) is 1. The maximum atomic E-state index is 12.3. The Balaban J connectivity index is 1.52. The molecular formula is C22H30N2O3. The Kier molecular flexibility index (Phi) is 6.19. The number of aromatic nitrogens is 1. The fourth-order valence-corrected chi connectivity index (χ4v) is 3.98. The van der Waals surface area contributed by atoms with Crippen LogP contribution in [0.3, 0.4) is 0 Å². The van der Waals surface area contributed by atoms with E-state index in [1.54, 1.807) is 11.6 Å². The highest BCUT2D eigenvalue weighted by molar-refractivity contribution is 5.85. The summed E-state index contributed by atoms with van der Waals surface area (Å²) in [6.45, 7) is 4.92. The first-order valence-electron chi connectivity index (χ1n) is 9.98. The van der Waals surface area contributed by atoms with Crippen molar-refractivity contribution in [3.63, 3.8) is 0 Å². The van der Waals surface area contributed by atoms with E-state index >= 15 is 0 Å². The summed E-state index contributed by atoms with van der Waals surface area (Å²) >= 11 is 0. The molecule has 1 N–H and O–H groups in total. The SMILES string of the molecule is C[C@@H]1[C@H](C)CCC[C@H]1NC(=O)CCCOc1cc(=O)n(C)c2ccccc12. The van der Waals surface area contributed by atoms with Crippen molar-refractivity contribution in [2.45, 2.75) is 52.0 Å². The Bertz CT molecular complexity index is 858. The van der Waals surface area contributed by atoms with Gasteiger partial charge in [-0.1, -0.05) is 38.8 Å². The van der Waals surface area contributed by atoms with Crippen LogP contribution in [0, 0.1) is 11.8 Å². The molecular weight excluding hydrogens is 340 g/mol. The molecule has 2 aromatic rings. The molecule has 3 atom stereocenters. The second-order valence-electron chi connectivity index (χ2n) is 7.82. The van der Waals surface area contributed by atoms with Crippen LogP contribution < -0.4 is 15.6 Å². The van der Waals surface area contributed by atoms with Crippen molar-refractivity contribution in [1.82, 2.24) is 9.88 Å². The van der Waals surface area contributed by atoms with Crippen LogP contribution in [0.5, 0.6) is 5.75 Å². The van der Waals surface area contributed by atoms with Gasteiger partial charge in [0.1, 0.15) is 5.75 Å². The summed E-state index contributed by atoms with van der Waals surface area (Å²) in [7, 11) is 1.76. The number of hydrogen-bond donors (Lipinski definition) is 1. The van der Waals surface area contributed by atoms with Crippen molar-refractivity contribution in [2.75, 3.05) is 6.61 Å².